The second kappa shape index (κ2) is 6.19. The summed E-state index contributed by atoms with van der Waals surface area (Å²) in [7, 11) is 1.64. The number of aromatic nitrogens is 2. The Morgan fingerprint density at radius 1 is 1.36 bits per heavy atom. The molecule has 0 radical (unpaired) electrons. The van der Waals surface area contributed by atoms with Crippen molar-refractivity contribution in [2.24, 2.45) is 0 Å². The molecule has 0 spiro atoms. The van der Waals surface area contributed by atoms with Gasteiger partial charge in [-0.1, -0.05) is 0 Å². The number of hydrogen-bond acceptors (Lipinski definition) is 4. The molecule has 3 rings (SSSR count). The number of hydrogen-bond donors (Lipinski definition) is 1. The molecule has 6 heteroatoms. The Balaban J connectivity index is 1.90. The minimum absolute atomic E-state index is 0.00369. The number of likely N-dealkylation sites (N-methyl/N-ethyl adjacent to an activating group) is 1. The Kier molecular flexibility index (Phi) is 4.11. The van der Waals surface area contributed by atoms with E-state index in [0.29, 0.717) is 13.0 Å². The molecule has 0 aliphatic rings. The van der Waals surface area contributed by atoms with Crippen LogP contribution in [0.25, 0.3) is 16.2 Å². The van der Waals surface area contributed by atoms with Crippen molar-refractivity contribution in [2.75, 3.05) is 13.7 Å². The van der Waals surface area contributed by atoms with E-state index in [1.54, 1.807) is 18.4 Å². The van der Waals surface area contributed by atoms with Crippen LogP contribution in [-0.2, 0) is 11.2 Å². The predicted octanol–water partition coefficient (Wildman–Crippen LogP) is 2.75. The lowest BCUT2D eigenvalue weighted by molar-refractivity contribution is -0.120. The maximum absolute atomic E-state index is 11.5. The fraction of sp³-hybridized carbons (Fsp3) is 0.250. The Morgan fingerprint density at radius 2 is 2.14 bits per heavy atom. The topological polar surface area (TPSA) is 55.6 Å². The number of nitrogens with zero attached hydrogens (tertiary/aromatic N) is 2. The van der Waals surface area contributed by atoms with Crippen molar-refractivity contribution in [1.29, 1.82) is 0 Å². The van der Waals surface area contributed by atoms with Crippen LogP contribution >= 0.6 is 11.3 Å². The zero-order valence-corrected chi connectivity index (χ0v) is 13.3. The maximum atomic E-state index is 11.5. The first-order valence-electron chi connectivity index (χ1n) is 7.10. The van der Waals surface area contributed by atoms with E-state index in [0.717, 1.165) is 27.7 Å². The highest BCUT2D eigenvalue weighted by Gasteiger charge is 2.11. The Labute approximate surface area is 132 Å². The second-order valence-electron chi connectivity index (χ2n) is 4.81. The molecule has 0 unspecified atom stereocenters. The van der Waals surface area contributed by atoms with Gasteiger partial charge in [0.15, 0.2) is 4.96 Å². The summed E-state index contributed by atoms with van der Waals surface area (Å²) in [5.41, 5.74) is 2.88. The first kappa shape index (κ1) is 14.6. The third-order valence-electron chi connectivity index (χ3n) is 3.36. The van der Waals surface area contributed by atoms with E-state index in [2.05, 4.69) is 10.3 Å². The summed E-state index contributed by atoms with van der Waals surface area (Å²) in [6, 6.07) is 7.88. The summed E-state index contributed by atoms with van der Waals surface area (Å²) in [5, 5.41) is 4.61. The predicted molar refractivity (Wildman–Crippen MR) is 87.4 cm³/mol. The molecule has 0 bridgehead atoms. The Bertz CT molecular complexity index is 789. The van der Waals surface area contributed by atoms with Crippen molar-refractivity contribution >= 4 is 22.2 Å². The van der Waals surface area contributed by atoms with Gasteiger partial charge in [-0.3, -0.25) is 9.20 Å². The lowest BCUT2D eigenvalue weighted by Gasteiger charge is -2.03. The number of imidazole rings is 1. The molecule has 2 heterocycles. The van der Waals surface area contributed by atoms with Crippen LogP contribution in [0.2, 0.25) is 0 Å². The van der Waals surface area contributed by atoms with Gasteiger partial charge < -0.3 is 10.1 Å². The number of fused-ring (bicyclic) bond motifs is 1. The molecule has 1 N–H and O–H groups in total. The molecule has 0 aliphatic carbocycles. The molecular formula is C16H17N3O2S. The molecule has 1 amide bonds. The lowest BCUT2D eigenvalue weighted by atomic mass is 10.1. The zero-order chi connectivity index (χ0) is 15.5. The molecule has 114 valence electrons. The summed E-state index contributed by atoms with van der Waals surface area (Å²) in [6.45, 7) is 2.62. The SMILES string of the molecule is CCOc1ccc(-c2cn3c(CC(=O)NC)csc3n2)cc1. The number of carbonyl (C=O) groups excluding carboxylic acids is 1. The quantitative estimate of drug-likeness (QED) is 0.787. The molecular weight excluding hydrogens is 298 g/mol. The number of amides is 1. The highest BCUT2D eigenvalue weighted by atomic mass is 32.1. The van der Waals surface area contributed by atoms with Crippen LogP contribution in [0.3, 0.4) is 0 Å². The molecule has 0 saturated heterocycles. The van der Waals surface area contributed by atoms with Crippen LogP contribution in [0.5, 0.6) is 5.75 Å². The third kappa shape index (κ3) is 2.82. The van der Waals surface area contributed by atoms with Crippen molar-refractivity contribution in [3.8, 4) is 17.0 Å². The normalized spacial score (nSPS) is 10.8. The van der Waals surface area contributed by atoms with Crippen LogP contribution in [0.15, 0.2) is 35.8 Å². The maximum Gasteiger partial charge on any atom is 0.225 e. The van der Waals surface area contributed by atoms with Gasteiger partial charge in [0, 0.05) is 29.9 Å². The Morgan fingerprint density at radius 3 is 2.82 bits per heavy atom. The summed E-state index contributed by atoms with van der Waals surface area (Å²) >= 11 is 1.54. The van der Waals surface area contributed by atoms with Gasteiger partial charge in [-0.15, -0.1) is 11.3 Å². The van der Waals surface area contributed by atoms with Crippen molar-refractivity contribution in [3.63, 3.8) is 0 Å². The van der Waals surface area contributed by atoms with Crippen molar-refractivity contribution in [1.82, 2.24) is 14.7 Å². The van der Waals surface area contributed by atoms with Crippen molar-refractivity contribution in [3.05, 3.63) is 41.5 Å². The number of rotatable bonds is 5. The summed E-state index contributed by atoms with van der Waals surface area (Å²) in [5.74, 6) is 0.851. The molecule has 2 aromatic heterocycles. The molecule has 0 atom stereocenters. The van der Waals surface area contributed by atoms with Crippen LogP contribution in [0.1, 0.15) is 12.6 Å². The van der Waals surface area contributed by atoms with E-state index in [-0.39, 0.29) is 5.91 Å². The number of thiazole rings is 1. The first-order chi connectivity index (χ1) is 10.7. The lowest BCUT2D eigenvalue weighted by Crippen LogP contribution is -2.20. The Hall–Kier alpha value is -2.34. The van der Waals surface area contributed by atoms with Gasteiger partial charge in [0.1, 0.15) is 5.75 Å². The smallest absolute Gasteiger partial charge is 0.225 e. The van der Waals surface area contributed by atoms with E-state index < -0.39 is 0 Å². The van der Waals surface area contributed by atoms with Crippen LogP contribution in [-0.4, -0.2) is 28.9 Å². The second-order valence-corrected chi connectivity index (χ2v) is 5.65. The van der Waals surface area contributed by atoms with Crippen molar-refractivity contribution in [2.45, 2.75) is 13.3 Å². The van der Waals surface area contributed by atoms with E-state index in [1.165, 1.54) is 0 Å². The minimum atomic E-state index is -0.00369. The third-order valence-corrected chi connectivity index (χ3v) is 4.25. The van der Waals surface area contributed by atoms with Crippen LogP contribution in [0.4, 0.5) is 0 Å². The van der Waals surface area contributed by atoms with Gasteiger partial charge in [-0.2, -0.15) is 0 Å². The number of ether oxygens (including phenoxy) is 1. The van der Waals surface area contributed by atoms with Gasteiger partial charge in [0.25, 0.3) is 0 Å². The molecule has 0 saturated carbocycles. The highest BCUT2D eigenvalue weighted by Crippen LogP contribution is 2.25. The average Bonchev–Trinajstić information content (AvgIpc) is 3.10. The minimum Gasteiger partial charge on any atom is -0.494 e. The molecule has 0 fully saturated rings. The number of nitrogens with one attached hydrogen (secondary N) is 1. The van der Waals surface area contributed by atoms with Gasteiger partial charge in [0.05, 0.1) is 18.7 Å². The summed E-state index contributed by atoms with van der Waals surface area (Å²) < 4.78 is 7.43. The van der Waals surface area contributed by atoms with Gasteiger partial charge in [0.2, 0.25) is 5.91 Å². The fourth-order valence-electron chi connectivity index (χ4n) is 2.24. The summed E-state index contributed by atoms with van der Waals surface area (Å²) in [4.78, 5) is 17.1. The molecule has 5 nitrogen and oxygen atoms in total. The highest BCUT2D eigenvalue weighted by molar-refractivity contribution is 7.15. The van der Waals surface area contributed by atoms with Crippen molar-refractivity contribution < 1.29 is 9.53 Å². The summed E-state index contributed by atoms with van der Waals surface area (Å²) in [6.07, 6.45) is 2.33. The van der Waals surface area contributed by atoms with E-state index in [1.807, 2.05) is 47.2 Å². The standard InChI is InChI=1S/C16H17N3O2S/c1-3-21-13-6-4-11(5-7-13)14-9-19-12(8-15(20)17-2)10-22-16(19)18-14/h4-7,9-10H,3,8H2,1-2H3,(H,17,20). The fourth-order valence-corrected chi connectivity index (χ4v) is 3.11. The molecule has 1 aromatic carbocycles. The molecule has 22 heavy (non-hydrogen) atoms. The number of carbonyl (C=O) groups is 1. The van der Waals surface area contributed by atoms with Crippen LogP contribution < -0.4 is 10.1 Å². The zero-order valence-electron chi connectivity index (χ0n) is 12.5. The first-order valence-corrected chi connectivity index (χ1v) is 7.98. The van der Waals surface area contributed by atoms with Gasteiger partial charge >= 0.3 is 0 Å². The van der Waals surface area contributed by atoms with E-state index in [4.69, 9.17) is 4.74 Å². The molecule has 3 aromatic rings. The molecule has 0 aliphatic heterocycles. The van der Waals surface area contributed by atoms with Gasteiger partial charge in [-0.25, -0.2) is 4.98 Å². The monoisotopic (exact) mass is 315 g/mol. The largest absolute Gasteiger partial charge is 0.494 e. The van der Waals surface area contributed by atoms with Crippen LogP contribution in [0, 0.1) is 0 Å². The van der Waals surface area contributed by atoms with E-state index >= 15 is 0 Å². The van der Waals surface area contributed by atoms with Gasteiger partial charge in [-0.05, 0) is 31.2 Å². The van der Waals surface area contributed by atoms with E-state index in [9.17, 15) is 4.79 Å². The average molecular weight is 315 g/mol. The number of benzene rings is 1.